The quantitative estimate of drug-likeness (QED) is 0.342. The van der Waals surface area contributed by atoms with E-state index in [0.717, 1.165) is 33.3 Å². The maximum Gasteiger partial charge on any atom is 0.306 e. The molecule has 5 aromatic rings. The molecule has 37 heavy (non-hydrogen) atoms. The molecule has 1 saturated heterocycles. The van der Waals surface area contributed by atoms with E-state index in [1.807, 2.05) is 41.4 Å². The highest BCUT2D eigenvalue weighted by atomic mass is 32.1. The van der Waals surface area contributed by atoms with Gasteiger partial charge in [0.05, 0.1) is 42.5 Å². The lowest BCUT2D eigenvalue weighted by Crippen LogP contribution is -2.62. The first-order valence-corrected chi connectivity index (χ1v) is 12.8. The van der Waals surface area contributed by atoms with Crippen LogP contribution in [0.25, 0.3) is 32.6 Å². The number of nitrogen functional groups attached to an aromatic ring is 1. The number of amides is 1. The molecule has 1 fully saturated rings. The van der Waals surface area contributed by atoms with Crippen LogP contribution in [0.1, 0.15) is 15.2 Å². The Kier molecular flexibility index (Phi) is 6.03. The number of aromatic nitrogens is 3. The second-order valence-corrected chi connectivity index (χ2v) is 9.82. The van der Waals surface area contributed by atoms with Crippen molar-refractivity contribution >= 4 is 39.0 Å². The van der Waals surface area contributed by atoms with Crippen LogP contribution < -0.4 is 20.9 Å². The number of pyridine rings is 1. The maximum atomic E-state index is 13.3. The predicted octanol–water partition coefficient (Wildman–Crippen LogP) is 4.02. The van der Waals surface area contributed by atoms with Crippen LogP contribution in [0.15, 0.2) is 71.4 Å². The summed E-state index contributed by atoms with van der Waals surface area (Å²) in [5, 5.41) is 9.54. The molecule has 0 unspecified atom stereocenters. The van der Waals surface area contributed by atoms with Gasteiger partial charge in [0.15, 0.2) is 0 Å². The molecular formula is C27H25N6O3S+. The zero-order chi connectivity index (χ0) is 25.4. The molecule has 0 bridgehead atoms. The normalized spacial score (nSPS) is 13.7. The van der Waals surface area contributed by atoms with Gasteiger partial charge >= 0.3 is 5.88 Å². The van der Waals surface area contributed by atoms with Gasteiger partial charge in [-0.1, -0.05) is 60.2 Å². The van der Waals surface area contributed by atoms with E-state index in [2.05, 4.69) is 41.8 Å². The van der Waals surface area contributed by atoms with Gasteiger partial charge in [0.1, 0.15) is 9.71 Å². The minimum atomic E-state index is -0.373. The van der Waals surface area contributed by atoms with E-state index in [-0.39, 0.29) is 11.8 Å². The van der Waals surface area contributed by atoms with Crippen molar-refractivity contribution in [2.24, 2.45) is 0 Å². The van der Waals surface area contributed by atoms with E-state index >= 15 is 0 Å². The molecule has 1 amide bonds. The Labute approximate surface area is 217 Å². The van der Waals surface area contributed by atoms with Crippen LogP contribution >= 0.6 is 11.3 Å². The molecule has 186 valence electrons. The zero-order valence-corrected chi connectivity index (χ0v) is 21.0. The Morgan fingerprint density at radius 2 is 1.84 bits per heavy atom. The predicted molar refractivity (Wildman–Crippen MR) is 143 cm³/mol. The fourth-order valence-corrected chi connectivity index (χ4v) is 5.38. The number of rotatable bonds is 5. The number of carbonyl (C=O) groups excluding carboxylic acids is 1. The standard InChI is InChI=1S/C27H24N6O3S/c1-17-7-9-18(10-8-17)20-15-21(19-5-3-2-4-6-19)29-27-23(20)24(28)25(37-27)26(34)30-22-16-33(31-36-22)32-11-13-35-14-12-32/h2-10,15-16H,11-14H2,1H3,(H2-,28,30,31,34)/p+1. The number of morpholine rings is 1. The fourth-order valence-electron chi connectivity index (χ4n) is 4.36. The fraction of sp³-hybridized carbons (Fsp3) is 0.185. The largest absolute Gasteiger partial charge is 0.397 e. The first-order chi connectivity index (χ1) is 18.1. The average Bonchev–Trinajstić information content (AvgIpc) is 3.54. The van der Waals surface area contributed by atoms with Crippen molar-refractivity contribution in [1.29, 1.82) is 0 Å². The van der Waals surface area contributed by atoms with Crippen molar-refractivity contribution in [3.8, 4) is 22.4 Å². The first kappa shape index (κ1) is 23.1. The lowest BCUT2D eigenvalue weighted by atomic mass is 9.99. The van der Waals surface area contributed by atoms with E-state index in [1.165, 1.54) is 11.3 Å². The molecule has 0 atom stereocenters. The van der Waals surface area contributed by atoms with Crippen molar-refractivity contribution < 1.29 is 18.8 Å². The number of nitrogens with two attached hydrogens (primary N) is 1. The molecule has 0 radical (unpaired) electrons. The van der Waals surface area contributed by atoms with Crippen molar-refractivity contribution in [1.82, 2.24) is 10.3 Å². The molecule has 0 saturated carbocycles. The highest BCUT2D eigenvalue weighted by molar-refractivity contribution is 7.21. The van der Waals surface area contributed by atoms with Crippen LogP contribution in [-0.4, -0.2) is 42.5 Å². The Balaban J connectivity index is 1.39. The summed E-state index contributed by atoms with van der Waals surface area (Å²) in [4.78, 5) is 20.8. The van der Waals surface area contributed by atoms with E-state index in [4.69, 9.17) is 20.0 Å². The molecule has 6 rings (SSSR count). The lowest BCUT2D eigenvalue weighted by molar-refractivity contribution is -0.759. The van der Waals surface area contributed by atoms with Crippen LogP contribution in [0.3, 0.4) is 0 Å². The number of aryl methyl sites for hydroxylation is 1. The monoisotopic (exact) mass is 513 g/mol. The van der Waals surface area contributed by atoms with E-state index in [0.29, 0.717) is 41.7 Å². The average molecular weight is 514 g/mol. The molecule has 9 nitrogen and oxygen atoms in total. The van der Waals surface area contributed by atoms with Crippen LogP contribution in [0.2, 0.25) is 0 Å². The number of ether oxygens (including phenoxy) is 1. The SMILES string of the molecule is Cc1ccc(-c2cc(-c3ccccc3)nc3sc(C(=O)Nc4c[n+](N5CCOCC5)no4)c(N)c23)cc1. The third-order valence-electron chi connectivity index (χ3n) is 6.31. The second kappa shape index (κ2) is 9.64. The summed E-state index contributed by atoms with van der Waals surface area (Å²) in [6, 6.07) is 20.3. The summed E-state index contributed by atoms with van der Waals surface area (Å²) in [6.45, 7) is 4.65. The van der Waals surface area contributed by atoms with Gasteiger partial charge < -0.3 is 10.5 Å². The topological polar surface area (TPSA) is 110 Å². The van der Waals surface area contributed by atoms with Crippen LogP contribution in [0, 0.1) is 6.92 Å². The smallest absolute Gasteiger partial charge is 0.306 e. The van der Waals surface area contributed by atoms with Gasteiger partial charge in [-0.15, -0.1) is 16.3 Å². The Hall–Kier alpha value is -4.28. The Morgan fingerprint density at radius 1 is 1.08 bits per heavy atom. The molecule has 4 heterocycles. The van der Waals surface area contributed by atoms with Gasteiger partial charge in [-0.05, 0) is 24.1 Å². The van der Waals surface area contributed by atoms with Gasteiger partial charge in [0.25, 0.3) is 12.1 Å². The number of hydrogen-bond acceptors (Lipinski definition) is 8. The minimum Gasteiger partial charge on any atom is -0.397 e. The third kappa shape index (κ3) is 4.52. The first-order valence-electron chi connectivity index (χ1n) is 12.0. The Morgan fingerprint density at radius 3 is 2.59 bits per heavy atom. The van der Waals surface area contributed by atoms with Crippen LogP contribution in [0.5, 0.6) is 0 Å². The van der Waals surface area contributed by atoms with Crippen molar-refractivity contribution in [2.75, 3.05) is 42.4 Å². The van der Waals surface area contributed by atoms with Gasteiger partial charge in [0, 0.05) is 10.9 Å². The van der Waals surface area contributed by atoms with Crippen LogP contribution in [0.4, 0.5) is 11.6 Å². The van der Waals surface area contributed by atoms with Crippen molar-refractivity contribution in [3.63, 3.8) is 0 Å². The van der Waals surface area contributed by atoms with E-state index < -0.39 is 0 Å². The number of benzene rings is 2. The maximum absolute atomic E-state index is 13.3. The number of anilines is 2. The summed E-state index contributed by atoms with van der Waals surface area (Å²) in [7, 11) is 0. The highest BCUT2D eigenvalue weighted by Gasteiger charge is 2.26. The third-order valence-corrected chi connectivity index (χ3v) is 7.41. The van der Waals surface area contributed by atoms with Crippen LogP contribution in [-0.2, 0) is 4.74 Å². The molecule has 2 aromatic carbocycles. The molecule has 1 aliphatic rings. The number of nitrogens with one attached hydrogen (secondary N) is 1. The number of fused-ring (bicyclic) bond motifs is 1. The van der Waals surface area contributed by atoms with E-state index in [1.54, 1.807) is 11.0 Å². The summed E-state index contributed by atoms with van der Waals surface area (Å²) in [6.07, 6.45) is 1.64. The second-order valence-electron chi connectivity index (χ2n) is 8.82. The van der Waals surface area contributed by atoms with E-state index in [9.17, 15) is 4.79 Å². The Bertz CT molecular complexity index is 1570. The molecule has 0 spiro atoms. The van der Waals surface area contributed by atoms with Gasteiger partial charge in [-0.2, -0.15) is 0 Å². The number of thiophene rings is 1. The highest BCUT2D eigenvalue weighted by Crippen LogP contribution is 2.41. The van der Waals surface area contributed by atoms with Crippen molar-refractivity contribution in [3.05, 3.63) is 77.3 Å². The summed E-state index contributed by atoms with van der Waals surface area (Å²) >= 11 is 1.26. The van der Waals surface area contributed by atoms with Gasteiger partial charge in [-0.25, -0.2) is 4.98 Å². The molecule has 3 aromatic heterocycles. The molecule has 3 N–H and O–H groups in total. The molecule has 10 heteroatoms. The summed E-state index contributed by atoms with van der Waals surface area (Å²) in [5.74, 6) is -0.146. The van der Waals surface area contributed by atoms with Gasteiger partial charge in [0.2, 0.25) is 5.27 Å². The van der Waals surface area contributed by atoms with Gasteiger partial charge in [-0.3, -0.25) is 14.6 Å². The minimum absolute atomic E-state index is 0.227. The lowest BCUT2D eigenvalue weighted by Gasteiger charge is -2.18. The number of nitrogens with zero attached hydrogens (tertiary/aromatic N) is 4. The number of hydrogen-bond donors (Lipinski definition) is 2. The number of carbonyl (C=O) groups is 1. The summed E-state index contributed by atoms with van der Waals surface area (Å²) < 4.78 is 10.7. The summed E-state index contributed by atoms with van der Waals surface area (Å²) in [5.41, 5.74) is 11.9. The van der Waals surface area contributed by atoms with Crippen molar-refractivity contribution in [2.45, 2.75) is 6.92 Å². The molecule has 0 aliphatic carbocycles. The molecule has 1 aliphatic heterocycles. The molecular weight excluding hydrogens is 488 g/mol. The zero-order valence-electron chi connectivity index (χ0n) is 20.2.